The van der Waals surface area contributed by atoms with Gasteiger partial charge in [0.2, 0.25) is 9.84 Å². The molecule has 0 aliphatic carbocycles. The third-order valence-electron chi connectivity index (χ3n) is 5.60. The first-order chi connectivity index (χ1) is 19.7. The lowest BCUT2D eigenvalue weighted by atomic mass is 10.3. The second-order valence-electron chi connectivity index (χ2n) is 8.34. The first-order valence-corrected chi connectivity index (χ1v) is 13.7. The van der Waals surface area contributed by atoms with Gasteiger partial charge in [0.05, 0.1) is 19.6 Å². The maximum atomic E-state index is 13.0. The maximum absolute atomic E-state index is 13.0. The van der Waals surface area contributed by atoms with E-state index in [-0.39, 0.29) is 47.6 Å². The second kappa shape index (κ2) is 13.3. The molecule has 0 aliphatic rings. The van der Waals surface area contributed by atoms with Crippen molar-refractivity contribution in [2.24, 2.45) is 0 Å². The van der Waals surface area contributed by atoms with Crippen molar-refractivity contribution in [3.63, 3.8) is 0 Å². The molecule has 12 nitrogen and oxygen atoms in total. The molecule has 0 aromatic heterocycles. The number of non-ortho nitro benzene ring substituents is 2. The van der Waals surface area contributed by atoms with E-state index in [1.54, 1.807) is 24.3 Å². The Morgan fingerprint density at radius 1 is 0.463 bits per heavy atom. The summed E-state index contributed by atoms with van der Waals surface area (Å²) in [4.78, 5) is 20.6. The van der Waals surface area contributed by atoms with Crippen LogP contribution in [0, 0.1) is 20.2 Å². The molecule has 0 saturated carbocycles. The smallest absolute Gasteiger partial charge is 0.269 e. The van der Waals surface area contributed by atoms with E-state index in [1.165, 1.54) is 72.8 Å². The summed E-state index contributed by atoms with van der Waals surface area (Å²) < 4.78 is 48.2. The van der Waals surface area contributed by atoms with Gasteiger partial charge in [0, 0.05) is 24.3 Å². The standard InChI is InChI=1S/C28H24N2O10S/c31-29(32)21-1-5-23(6-2-21)37-17-19-39-25-9-13-27(14-10-25)41(35,36)28-15-11-26(12-16-28)40-20-18-38-24-7-3-22(4-8-24)30(33)34/h1-16H,17-20H2. The number of hydrogen-bond donors (Lipinski definition) is 0. The fourth-order valence-electron chi connectivity index (χ4n) is 3.53. The Bertz CT molecular complexity index is 1460. The molecule has 4 rings (SSSR count). The number of rotatable bonds is 14. The second-order valence-corrected chi connectivity index (χ2v) is 10.3. The molecule has 0 radical (unpaired) electrons. The highest BCUT2D eigenvalue weighted by molar-refractivity contribution is 7.91. The van der Waals surface area contributed by atoms with Crippen molar-refractivity contribution in [1.82, 2.24) is 0 Å². The van der Waals surface area contributed by atoms with Gasteiger partial charge in [-0.05, 0) is 72.8 Å². The summed E-state index contributed by atoms with van der Waals surface area (Å²) >= 11 is 0. The fraction of sp³-hybridized carbons (Fsp3) is 0.143. The summed E-state index contributed by atoms with van der Waals surface area (Å²) in [6.07, 6.45) is 0. The fourth-order valence-corrected chi connectivity index (χ4v) is 4.79. The summed E-state index contributed by atoms with van der Waals surface area (Å²) in [5.74, 6) is 1.84. The molecular formula is C28H24N2O10S. The van der Waals surface area contributed by atoms with Gasteiger partial charge in [-0.2, -0.15) is 0 Å². The average Bonchev–Trinajstić information content (AvgIpc) is 2.98. The van der Waals surface area contributed by atoms with Crippen LogP contribution >= 0.6 is 0 Å². The maximum Gasteiger partial charge on any atom is 0.269 e. The predicted octanol–water partition coefficient (Wildman–Crippen LogP) is 5.25. The van der Waals surface area contributed by atoms with Crippen LogP contribution in [-0.2, 0) is 9.84 Å². The van der Waals surface area contributed by atoms with Crippen LogP contribution in [-0.4, -0.2) is 44.7 Å². The lowest BCUT2D eigenvalue weighted by Crippen LogP contribution is -2.09. The van der Waals surface area contributed by atoms with Crippen LogP contribution in [0.3, 0.4) is 0 Å². The minimum atomic E-state index is -3.77. The number of benzene rings is 4. The first kappa shape index (κ1) is 28.8. The van der Waals surface area contributed by atoms with E-state index in [9.17, 15) is 28.6 Å². The van der Waals surface area contributed by atoms with Crippen molar-refractivity contribution in [3.8, 4) is 23.0 Å². The lowest BCUT2D eigenvalue weighted by Gasteiger charge is -2.10. The number of nitro groups is 2. The lowest BCUT2D eigenvalue weighted by molar-refractivity contribution is -0.385. The largest absolute Gasteiger partial charge is 0.490 e. The van der Waals surface area contributed by atoms with E-state index in [1.807, 2.05) is 0 Å². The summed E-state index contributed by atoms with van der Waals surface area (Å²) in [7, 11) is -3.77. The van der Waals surface area contributed by atoms with E-state index >= 15 is 0 Å². The summed E-state index contributed by atoms with van der Waals surface area (Å²) in [5.41, 5.74) is -0.0615. The zero-order valence-corrected chi connectivity index (χ0v) is 22.3. The molecule has 0 aliphatic heterocycles. The molecule has 0 amide bonds. The topological polar surface area (TPSA) is 157 Å². The van der Waals surface area contributed by atoms with Gasteiger partial charge in [-0.1, -0.05) is 0 Å². The molecule has 0 saturated heterocycles. The molecule has 0 bridgehead atoms. The van der Waals surface area contributed by atoms with E-state index in [2.05, 4.69) is 0 Å². The van der Waals surface area contributed by atoms with Crippen molar-refractivity contribution < 1.29 is 37.2 Å². The predicted molar refractivity (Wildman–Crippen MR) is 147 cm³/mol. The number of sulfone groups is 1. The molecule has 0 atom stereocenters. The van der Waals surface area contributed by atoms with Gasteiger partial charge in [-0.15, -0.1) is 0 Å². The molecule has 41 heavy (non-hydrogen) atoms. The van der Waals surface area contributed by atoms with Crippen molar-refractivity contribution in [3.05, 3.63) is 117 Å². The Labute approximate surface area is 234 Å². The van der Waals surface area contributed by atoms with Crippen molar-refractivity contribution in [2.45, 2.75) is 9.79 Å². The third-order valence-corrected chi connectivity index (χ3v) is 7.39. The van der Waals surface area contributed by atoms with Gasteiger partial charge in [-0.3, -0.25) is 20.2 Å². The van der Waals surface area contributed by atoms with Gasteiger partial charge in [-0.25, -0.2) is 8.42 Å². The summed E-state index contributed by atoms with van der Waals surface area (Å²) in [6, 6.07) is 23.3. The van der Waals surface area contributed by atoms with Crippen LogP contribution in [0.1, 0.15) is 0 Å². The van der Waals surface area contributed by atoms with Crippen LogP contribution in [0.15, 0.2) is 107 Å². The number of nitrogens with zero attached hydrogens (tertiary/aromatic N) is 2. The van der Waals surface area contributed by atoms with Crippen molar-refractivity contribution >= 4 is 21.2 Å². The van der Waals surface area contributed by atoms with Crippen LogP contribution in [0.2, 0.25) is 0 Å². The number of ether oxygens (including phenoxy) is 4. The molecule has 0 fully saturated rings. The molecular weight excluding hydrogens is 556 g/mol. The highest BCUT2D eigenvalue weighted by Gasteiger charge is 2.18. The highest BCUT2D eigenvalue weighted by Crippen LogP contribution is 2.25. The summed E-state index contributed by atoms with van der Waals surface area (Å²) in [6.45, 7) is 0.748. The monoisotopic (exact) mass is 580 g/mol. The van der Waals surface area contributed by atoms with Crippen LogP contribution in [0.25, 0.3) is 0 Å². The van der Waals surface area contributed by atoms with Crippen molar-refractivity contribution in [1.29, 1.82) is 0 Å². The Hall–Kier alpha value is -5.17. The molecule has 0 unspecified atom stereocenters. The van der Waals surface area contributed by atoms with Crippen LogP contribution in [0.5, 0.6) is 23.0 Å². The van der Waals surface area contributed by atoms with E-state index < -0.39 is 19.7 Å². The van der Waals surface area contributed by atoms with Gasteiger partial charge in [0.15, 0.2) is 0 Å². The highest BCUT2D eigenvalue weighted by atomic mass is 32.2. The SMILES string of the molecule is O=[N+]([O-])c1ccc(OCCOc2ccc(S(=O)(=O)c3ccc(OCCOc4ccc([N+](=O)[O-])cc4)cc3)cc2)cc1. The van der Waals surface area contributed by atoms with Gasteiger partial charge >= 0.3 is 0 Å². The van der Waals surface area contributed by atoms with Gasteiger partial charge in [0.1, 0.15) is 49.4 Å². The zero-order valence-electron chi connectivity index (χ0n) is 21.5. The first-order valence-electron chi connectivity index (χ1n) is 12.2. The minimum absolute atomic E-state index is 0.0307. The molecule has 4 aromatic rings. The molecule has 4 aromatic carbocycles. The van der Waals surface area contributed by atoms with Crippen molar-refractivity contribution in [2.75, 3.05) is 26.4 Å². The minimum Gasteiger partial charge on any atom is -0.490 e. The van der Waals surface area contributed by atoms with E-state index in [4.69, 9.17) is 18.9 Å². The van der Waals surface area contributed by atoms with Crippen LogP contribution in [0.4, 0.5) is 11.4 Å². The third kappa shape index (κ3) is 7.92. The number of hydrogen-bond acceptors (Lipinski definition) is 10. The molecule has 0 N–H and O–H groups in total. The van der Waals surface area contributed by atoms with E-state index in [0.29, 0.717) is 23.0 Å². The Morgan fingerprint density at radius 2 is 0.707 bits per heavy atom. The Kier molecular flexibility index (Phi) is 9.32. The quantitative estimate of drug-likeness (QED) is 0.110. The van der Waals surface area contributed by atoms with Gasteiger partial charge < -0.3 is 18.9 Å². The molecule has 0 spiro atoms. The zero-order chi connectivity index (χ0) is 29.2. The average molecular weight is 581 g/mol. The Morgan fingerprint density at radius 3 is 0.951 bits per heavy atom. The number of nitro benzene ring substituents is 2. The Balaban J connectivity index is 1.22. The van der Waals surface area contributed by atoms with Crippen LogP contribution < -0.4 is 18.9 Å². The van der Waals surface area contributed by atoms with E-state index in [0.717, 1.165) is 0 Å². The molecule has 0 heterocycles. The van der Waals surface area contributed by atoms with Gasteiger partial charge in [0.25, 0.3) is 11.4 Å². The molecule has 13 heteroatoms. The normalized spacial score (nSPS) is 10.9. The summed E-state index contributed by atoms with van der Waals surface area (Å²) in [5, 5.41) is 21.4. The molecule has 212 valence electrons.